The summed E-state index contributed by atoms with van der Waals surface area (Å²) in [5.41, 5.74) is 4.29. The van der Waals surface area contributed by atoms with Gasteiger partial charge in [0.1, 0.15) is 6.61 Å². The van der Waals surface area contributed by atoms with Crippen molar-refractivity contribution in [1.82, 2.24) is 10.9 Å². The highest BCUT2D eigenvalue weighted by Gasteiger charge is 2.40. The van der Waals surface area contributed by atoms with Crippen molar-refractivity contribution in [1.29, 1.82) is 0 Å². The van der Waals surface area contributed by atoms with Crippen LogP contribution >= 0.6 is 7.82 Å². The quantitative estimate of drug-likeness (QED) is 0.0707. The number of carboxylic acid groups (broad SMARTS) is 1. The van der Waals surface area contributed by atoms with Crippen LogP contribution in [0.1, 0.15) is 29.2 Å². The SMILES string of the molecule is COC(=O)C(C)(Cc1ccc(OP(=O)(OCc2ccccc2)OCc2ccccc2)c(OCc2ccccc2)c1)OC(=O)NNC(=O)O. The van der Waals surface area contributed by atoms with E-state index in [0.29, 0.717) is 5.56 Å². The molecule has 4 rings (SSSR count). The predicted molar refractivity (Wildman–Crippen MR) is 173 cm³/mol. The first kappa shape index (κ1) is 35.5. The van der Waals surface area contributed by atoms with E-state index in [2.05, 4.69) is 0 Å². The van der Waals surface area contributed by atoms with E-state index in [0.717, 1.165) is 23.8 Å². The van der Waals surface area contributed by atoms with Gasteiger partial charge in [-0.3, -0.25) is 9.05 Å². The van der Waals surface area contributed by atoms with Crippen LogP contribution in [0.15, 0.2) is 109 Å². The van der Waals surface area contributed by atoms with Gasteiger partial charge in [-0.05, 0) is 41.3 Å². The Hall–Kier alpha value is -5.36. The number of hydrazine groups is 1. The molecule has 0 heterocycles. The van der Waals surface area contributed by atoms with Crippen LogP contribution in [-0.2, 0) is 54.1 Å². The van der Waals surface area contributed by atoms with Gasteiger partial charge < -0.3 is 23.8 Å². The van der Waals surface area contributed by atoms with E-state index in [1.165, 1.54) is 19.1 Å². The van der Waals surface area contributed by atoms with Gasteiger partial charge in [-0.1, -0.05) is 97.1 Å². The molecule has 0 fully saturated rings. The van der Waals surface area contributed by atoms with Gasteiger partial charge in [0.05, 0.1) is 20.3 Å². The van der Waals surface area contributed by atoms with E-state index in [-0.39, 0.29) is 37.7 Å². The largest absolute Gasteiger partial charge is 0.530 e. The van der Waals surface area contributed by atoms with Crippen LogP contribution < -0.4 is 20.1 Å². The number of esters is 1. The number of phosphoric acid groups is 1. The Morgan fingerprint density at radius 3 is 1.73 bits per heavy atom. The number of phosphoric ester groups is 1. The third-order valence-electron chi connectivity index (χ3n) is 6.67. The normalized spacial score (nSPS) is 12.2. The summed E-state index contributed by atoms with van der Waals surface area (Å²) in [6.45, 7) is 1.25. The predicted octanol–water partition coefficient (Wildman–Crippen LogP) is 6.57. The van der Waals surface area contributed by atoms with Gasteiger partial charge >= 0.3 is 26.0 Å². The molecular weight excluding hydrogens is 643 g/mol. The number of hydrogen-bond donors (Lipinski definition) is 3. The zero-order chi connectivity index (χ0) is 34.4. The molecule has 14 heteroatoms. The second kappa shape index (κ2) is 17.0. The van der Waals surface area contributed by atoms with E-state index < -0.39 is 31.6 Å². The maximum Gasteiger partial charge on any atom is 0.530 e. The Morgan fingerprint density at radius 1 is 0.708 bits per heavy atom. The van der Waals surface area contributed by atoms with E-state index in [1.807, 2.05) is 96.4 Å². The molecule has 0 spiro atoms. The first-order valence-electron chi connectivity index (χ1n) is 14.6. The monoisotopic (exact) mass is 678 g/mol. The lowest BCUT2D eigenvalue weighted by Crippen LogP contribution is -2.49. The summed E-state index contributed by atoms with van der Waals surface area (Å²) in [4.78, 5) is 35.8. The molecule has 1 unspecified atom stereocenters. The summed E-state index contributed by atoms with van der Waals surface area (Å²) in [5, 5.41) is 8.77. The fraction of sp³-hybridized carbons (Fsp3) is 0.206. The second-order valence-electron chi connectivity index (χ2n) is 10.5. The van der Waals surface area contributed by atoms with E-state index >= 15 is 0 Å². The maximum absolute atomic E-state index is 14.1. The summed E-state index contributed by atoms with van der Waals surface area (Å²) in [5.74, 6) is -0.774. The summed E-state index contributed by atoms with van der Waals surface area (Å²) < 4.78 is 47.9. The van der Waals surface area contributed by atoms with E-state index in [9.17, 15) is 18.9 Å². The van der Waals surface area contributed by atoms with Crippen molar-refractivity contribution in [3.05, 3.63) is 131 Å². The smallest absolute Gasteiger partial charge is 0.485 e. The summed E-state index contributed by atoms with van der Waals surface area (Å²) in [6.07, 6.45) is -3.01. The molecule has 0 aliphatic carbocycles. The fourth-order valence-corrected chi connectivity index (χ4v) is 5.53. The van der Waals surface area contributed by atoms with Crippen LogP contribution in [0.4, 0.5) is 9.59 Å². The molecular formula is C34H35N2O11P. The number of rotatable bonds is 15. The Labute approximate surface area is 277 Å². The zero-order valence-electron chi connectivity index (χ0n) is 26.2. The van der Waals surface area contributed by atoms with Gasteiger partial charge in [0.15, 0.2) is 11.5 Å². The first-order valence-corrected chi connectivity index (χ1v) is 16.1. The number of ether oxygens (including phenoxy) is 3. The second-order valence-corrected chi connectivity index (χ2v) is 12.0. The van der Waals surface area contributed by atoms with E-state index in [1.54, 1.807) is 11.5 Å². The zero-order valence-corrected chi connectivity index (χ0v) is 27.1. The van der Waals surface area contributed by atoms with Crippen molar-refractivity contribution in [2.45, 2.75) is 38.8 Å². The molecule has 252 valence electrons. The third-order valence-corrected chi connectivity index (χ3v) is 7.98. The van der Waals surface area contributed by atoms with Gasteiger partial charge in [0.2, 0.25) is 5.60 Å². The van der Waals surface area contributed by atoms with Crippen molar-refractivity contribution in [2.75, 3.05) is 7.11 Å². The molecule has 13 nitrogen and oxygen atoms in total. The Balaban J connectivity index is 1.64. The van der Waals surface area contributed by atoms with Crippen molar-refractivity contribution >= 4 is 26.0 Å². The van der Waals surface area contributed by atoms with Crippen molar-refractivity contribution in [3.63, 3.8) is 0 Å². The molecule has 0 aliphatic heterocycles. The van der Waals surface area contributed by atoms with Crippen LogP contribution in [0.25, 0.3) is 0 Å². The molecule has 0 bridgehead atoms. The molecule has 0 saturated heterocycles. The average molecular weight is 679 g/mol. The van der Waals surface area contributed by atoms with Gasteiger partial charge in [0.25, 0.3) is 0 Å². The van der Waals surface area contributed by atoms with Gasteiger partial charge in [-0.2, -0.15) is 0 Å². The highest BCUT2D eigenvalue weighted by molar-refractivity contribution is 7.48. The molecule has 4 aromatic carbocycles. The standard InChI is InChI=1S/C34H35N2O11P/c1-34(31(37)42-2,46-33(40)36-35-32(38)39)21-28-18-19-29(30(20-28)43-22-25-12-6-3-7-13-25)47-48(41,44-23-26-14-8-4-9-15-26)45-24-27-16-10-5-11-17-27/h3-20,35H,21-24H2,1-2H3,(H,36,40)(H,38,39). The summed E-state index contributed by atoms with van der Waals surface area (Å²) in [7, 11) is -3.18. The topological polar surface area (TPSA) is 168 Å². The van der Waals surface area contributed by atoms with Crippen LogP contribution in [0.3, 0.4) is 0 Å². The fourth-order valence-electron chi connectivity index (χ4n) is 4.34. The number of carbonyl (C=O) groups is 3. The number of benzene rings is 4. The highest BCUT2D eigenvalue weighted by atomic mass is 31.2. The lowest BCUT2D eigenvalue weighted by molar-refractivity contribution is -0.160. The van der Waals surface area contributed by atoms with Crippen molar-refractivity contribution in [2.24, 2.45) is 0 Å². The van der Waals surface area contributed by atoms with E-state index in [4.69, 9.17) is 32.9 Å². The lowest BCUT2D eigenvalue weighted by Gasteiger charge is -2.27. The number of methoxy groups -OCH3 is 1. The molecule has 2 amide bonds. The molecule has 1 atom stereocenters. The minimum Gasteiger partial charge on any atom is -0.485 e. The van der Waals surface area contributed by atoms with Crippen molar-refractivity contribution < 1.29 is 51.8 Å². The van der Waals surface area contributed by atoms with Crippen LogP contribution in [0.2, 0.25) is 0 Å². The number of carbonyl (C=O) groups excluding carboxylic acids is 2. The lowest BCUT2D eigenvalue weighted by atomic mass is 9.96. The molecule has 4 aromatic rings. The molecule has 0 aliphatic rings. The highest BCUT2D eigenvalue weighted by Crippen LogP contribution is 2.53. The average Bonchev–Trinajstić information content (AvgIpc) is 3.10. The third kappa shape index (κ3) is 10.9. The van der Waals surface area contributed by atoms with Crippen LogP contribution in [0.5, 0.6) is 11.5 Å². The maximum atomic E-state index is 14.1. The number of amides is 2. The van der Waals surface area contributed by atoms with Gasteiger partial charge in [-0.15, -0.1) is 0 Å². The summed E-state index contributed by atoms with van der Waals surface area (Å²) >= 11 is 0. The minimum atomic E-state index is -4.29. The molecule has 0 saturated carbocycles. The Morgan fingerprint density at radius 2 is 1.23 bits per heavy atom. The Kier molecular flexibility index (Phi) is 12.6. The molecule has 0 radical (unpaired) electrons. The van der Waals surface area contributed by atoms with Crippen LogP contribution in [0, 0.1) is 0 Å². The minimum absolute atomic E-state index is 0.0169. The Bertz CT molecular complexity index is 1660. The molecule has 48 heavy (non-hydrogen) atoms. The molecule has 3 N–H and O–H groups in total. The van der Waals surface area contributed by atoms with Crippen molar-refractivity contribution in [3.8, 4) is 11.5 Å². The number of nitrogens with one attached hydrogen (secondary N) is 2. The number of hydrogen-bond acceptors (Lipinski definition) is 10. The first-order chi connectivity index (χ1) is 23.1. The van der Waals surface area contributed by atoms with Crippen LogP contribution in [-0.4, -0.2) is 36.0 Å². The molecule has 0 aromatic heterocycles. The summed E-state index contributed by atoms with van der Waals surface area (Å²) in [6, 6.07) is 32.0. The van der Waals surface area contributed by atoms with Gasteiger partial charge in [0, 0.05) is 6.42 Å². The van der Waals surface area contributed by atoms with Gasteiger partial charge in [-0.25, -0.2) is 29.8 Å².